The summed E-state index contributed by atoms with van der Waals surface area (Å²) in [5.74, 6) is -0.00282. The molecule has 30 heavy (non-hydrogen) atoms. The van der Waals surface area contributed by atoms with Crippen LogP contribution in [0.25, 0.3) is 16.6 Å². The van der Waals surface area contributed by atoms with E-state index in [9.17, 15) is 9.59 Å². The van der Waals surface area contributed by atoms with Crippen LogP contribution in [0.15, 0.2) is 82.7 Å². The Morgan fingerprint density at radius 1 is 0.967 bits per heavy atom. The molecule has 0 radical (unpaired) electrons. The lowest BCUT2D eigenvalue weighted by Gasteiger charge is -2.13. The molecule has 0 bridgehead atoms. The van der Waals surface area contributed by atoms with Gasteiger partial charge in [-0.1, -0.05) is 48.2 Å². The molecule has 1 amide bonds. The second-order valence-electron chi connectivity index (χ2n) is 7.10. The first-order valence-electron chi connectivity index (χ1n) is 9.59. The molecule has 0 atom stereocenters. The summed E-state index contributed by atoms with van der Waals surface area (Å²) in [6, 6.07) is 22.5. The topological polar surface area (TPSA) is 64.0 Å². The van der Waals surface area contributed by atoms with E-state index < -0.39 is 0 Å². The zero-order valence-electron chi connectivity index (χ0n) is 16.8. The quantitative estimate of drug-likeness (QED) is 0.378. The van der Waals surface area contributed by atoms with Crippen LogP contribution >= 0.6 is 11.8 Å². The number of benzene rings is 3. The molecule has 0 aliphatic carbocycles. The Balaban J connectivity index is 1.65. The normalized spacial score (nSPS) is 10.9. The van der Waals surface area contributed by atoms with Gasteiger partial charge in [-0.25, -0.2) is 4.98 Å². The molecule has 6 heteroatoms. The lowest BCUT2D eigenvalue weighted by molar-refractivity contribution is -0.113. The van der Waals surface area contributed by atoms with Crippen molar-refractivity contribution >= 4 is 34.3 Å². The van der Waals surface area contributed by atoms with Gasteiger partial charge < -0.3 is 5.32 Å². The number of thioether (sulfide) groups is 1. The van der Waals surface area contributed by atoms with Crippen LogP contribution in [-0.4, -0.2) is 21.2 Å². The Morgan fingerprint density at radius 2 is 1.63 bits per heavy atom. The summed E-state index contributed by atoms with van der Waals surface area (Å²) < 4.78 is 1.57. The third-order valence-corrected chi connectivity index (χ3v) is 5.54. The van der Waals surface area contributed by atoms with E-state index in [1.165, 1.54) is 11.8 Å². The molecule has 5 nitrogen and oxygen atoms in total. The second-order valence-corrected chi connectivity index (χ2v) is 8.04. The van der Waals surface area contributed by atoms with E-state index in [1.807, 2.05) is 74.5 Å². The molecule has 0 saturated heterocycles. The van der Waals surface area contributed by atoms with Crippen molar-refractivity contribution in [1.29, 1.82) is 0 Å². The monoisotopic (exact) mass is 415 g/mol. The molecule has 1 aromatic heterocycles. The molecule has 1 N–H and O–H groups in total. The van der Waals surface area contributed by atoms with Crippen LogP contribution < -0.4 is 10.9 Å². The Hall–Kier alpha value is -3.38. The molecule has 0 spiro atoms. The fraction of sp³-hybridized carbons (Fsp3) is 0.125. The average molecular weight is 416 g/mol. The lowest BCUT2D eigenvalue weighted by Crippen LogP contribution is -2.22. The number of anilines is 1. The maximum atomic E-state index is 13.2. The molecule has 150 valence electrons. The van der Waals surface area contributed by atoms with E-state index in [-0.39, 0.29) is 17.2 Å². The van der Waals surface area contributed by atoms with Crippen molar-refractivity contribution in [3.8, 4) is 5.69 Å². The highest BCUT2D eigenvalue weighted by atomic mass is 32.2. The summed E-state index contributed by atoms with van der Waals surface area (Å²) in [7, 11) is 0. The zero-order chi connectivity index (χ0) is 21.1. The SMILES string of the molecule is Cc1cc(C)cc(NC(=O)CSc2nc3ccccc3c(=O)n2-c2ccccc2)c1. The fourth-order valence-electron chi connectivity index (χ4n) is 3.39. The number of hydrogen-bond acceptors (Lipinski definition) is 4. The molecule has 0 unspecified atom stereocenters. The van der Waals surface area contributed by atoms with E-state index in [0.29, 0.717) is 16.1 Å². The standard InChI is InChI=1S/C24H21N3O2S/c1-16-12-17(2)14-18(13-16)25-22(28)15-30-24-26-21-11-7-6-10-20(21)23(29)27(24)19-8-4-3-5-9-19/h3-14H,15H2,1-2H3,(H,25,28). The van der Waals surface area contributed by atoms with Gasteiger partial charge in [-0.3, -0.25) is 14.2 Å². The van der Waals surface area contributed by atoms with Gasteiger partial charge in [0, 0.05) is 5.69 Å². The lowest BCUT2D eigenvalue weighted by atomic mass is 10.1. The number of carbonyl (C=O) groups excluding carboxylic acids is 1. The number of rotatable bonds is 5. The fourth-order valence-corrected chi connectivity index (χ4v) is 4.20. The highest BCUT2D eigenvalue weighted by molar-refractivity contribution is 7.99. The zero-order valence-corrected chi connectivity index (χ0v) is 17.6. The van der Waals surface area contributed by atoms with E-state index >= 15 is 0 Å². The minimum Gasteiger partial charge on any atom is -0.325 e. The molecule has 4 aromatic rings. The first-order valence-corrected chi connectivity index (χ1v) is 10.6. The smallest absolute Gasteiger partial charge is 0.266 e. The maximum absolute atomic E-state index is 13.2. The number of para-hydroxylation sites is 2. The van der Waals surface area contributed by atoms with Gasteiger partial charge in [-0.05, 0) is 61.4 Å². The third-order valence-electron chi connectivity index (χ3n) is 4.60. The molecule has 0 aliphatic heterocycles. The largest absolute Gasteiger partial charge is 0.325 e. The van der Waals surface area contributed by atoms with Crippen LogP contribution in [0.5, 0.6) is 0 Å². The predicted molar refractivity (Wildman–Crippen MR) is 123 cm³/mol. The third kappa shape index (κ3) is 4.28. The van der Waals surface area contributed by atoms with Crippen LogP contribution in [0.3, 0.4) is 0 Å². The van der Waals surface area contributed by atoms with Crippen molar-refractivity contribution in [2.24, 2.45) is 0 Å². The van der Waals surface area contributed by atoms with Gasteiger partial charge in [0.15, 0.2) is 5.16 Å². The van der Waals surface area contributed by atoms with E-state index in [1.54, 1.807) is 10.6 Å². The summed E-state index contributed by atoms with van der Waals surface area (Å²) in [4.78, 5) is 30.4. The van der Waals surface area contributed by atoms with Gasteiger partial charge in [0.1, 0.15) is 0 Å². The summed E-state index contributed by atoms with van der Waals surface area (Å²) >= 11 is 1.25. The number of fused-ring (bicyclic) bond motifs is 1. The number of aromatic nitrogens is 2. The van der Waals surface area contributed by atoms with Crippen LogP contribution in [0.4, 0.5) is 5.69 Å². The van der Waals surface area contributed by atoms with Crippen molar-refractivity contribution in [2.75, 3.05) is 11.1 Å². The molecule has 0 saturated carbocycles. The van der Waals surface area contributed by atoms with Crippen LogP contribution in [0, 0.1) is 13.8 Å². The predicted octanol–water partition coefficient (Wildman–Crippen LogP) is 4.73. The summed E-state index contributed by atoms with van der Waals surface area (Å²) in [6.07, 6.45) is 0. The van der Waals surface area contributed by atoms with Crippen molar-refractivity contribution in [3.05, 3.63) is 94.3 Å². The molecular formula is C24H21N3O2S. The van der Waals surface area contributed by atoms with E-state index in [4.69, 9.17) is 0 Å². The van der Waals surface area contributed by atoms with Crippen LogP contribution in [-0.2, 0) is 4.79 Å². The number of nitrogens with zero attached hydrogens (tertiary/aromatic N) is 2. The van der Waals surface area contributed by atoms with Gasteiger partial charge >= 0.3 is 0 Å². The highest BCUT2D eigenvalue weighted by Gasteiger charge is 2.14. The highest BCUT2D eigenvalue weighted by Crippen LogP contribution is 2.22. The molecule has 0 aliphatic rings. The first kappa shape index (κ1) is 19.9. The van der Waals surface area contributed by atoms with E-state index in [0.717, 1.165) is 22.5 Å². The maximum Gasteiger partial charge on any atom is 0.266 e. The van der Waals surface area contributed by atoms with Crippen molar-refractivity contribution in [2.45, 2.75) is 19.0 Å². The van der Waals surface area contributed by atoms with Gasteiger partial charge in [0.05, 0.1) is 22.3 Å². The Bertz CT molecular complexity index is 1260. The summed E-state index contributed by atoms with van der Waals surface area (Å²) in [5.41, 5.74) is 4.14. The number of hydrogen-bond donors (Lipinski definition) is 1. The number of nitrogens with one attached hydrogen (secondary N) is 1. The van der Waals surface area contributed by atoms with E-state index in [2.05, 4.69) is 16.4 Å². The first-order chi connectivity index (χ1) is 14.5. The number of amides is 1. The van der Waals surface area contributed by atoms with Gasteiger partial charge in [-0.2, -0.15) is 0 Å². The Kier molecular flexibility index (Phi) is 5.68. The van der Waals surface area contributed by atoms with Gasteiger partial charge in [0.25, 0.3) is 5.56 Å². The van der Waals surface area contributed by atoms with Gasteiger partial charge in [0.2, 0.25) is 5.91 Å². The Labute approximate surface area is 178 Å². The molecule has 3 aromatic carbocycles. The minimum absolute atomic E-state index is 0.143. The summed E-state index contributed by atoms with van der Waals surface area (Å²) in [5, 5.41) is 3.96. The molecule has 0 fully saturated rings. The molecule has 4 rings (SSSR count). The minimum atomic E-state index is -0.149. The van der Waals surface area contributed by atoms with Gasteiger partial charge in [-0.15, -0.1) is 0 Å². The molecule has 1 heterocycles. The van der Waals surface area contributed by atoms with Crippen molar-refractivity contribution in [1.82, 2.24) is 9.55 Å². The van der Waals surface area contributed by atoms with Crippen molar-refractivity contribution in [3.63, 3.8) is 0 Å². The Morgan fingerprint density at radius 3 is 2.37 bits per heavy atom. The summed E-state index contributed by atoms with van der Waals surface area (Å²) in [6.45, 7) is 3.99. The second kappa shape index (κ2) is 8.55. The average Bonchev–Trinajstić information content (AvgIpc) is 2.72. The number of carbonyl (C=O) groups is 1. The number of aryl methyl sites for hydroxylation is 2. The van der Waals surface area contributed by atoms with Crippen LogP contribution in [0.1, 0.15) is 11.1 Å². The van der Waals surface area contributed by atoms with Crippen molar-refractivity contribution < 1.29 is 4.79 Å². The van der Waals surface area contributed by atoms with Crippen LogP contribution in [0.2, 0.25) is 0 Å². The molecular weight excluding hydrogens is 394 g/mol.